The fourth-order valence-electron chi connectivity index (χ4n) is 3.56. The molecule has 2 aromatic carbocycles. The van der Waals surface area contributed by atoms with Gasteiger partial charge in [-0.1, -0.05) is 18.2 Å². The molecule has 0 radical (unpaired) electrons. The minimum atomic E-state index is -0.727. The van der Waals surface area contributed by atoms with Crippen molar-refractivity contribution < 1.29 is 14.6 Å². The van der Waals surface area contributed by atoms with Crippen LogP contribution in [-0.4, -0.2) is 60.3 Å². The SMILES string of the molecule is CN(C)C[C@@]1(O)CCCN(C(=O)Nc2ccc(Oc3ccccc3)cc2)CC1. The highest BCUT2D eigenvalue weighted by Gasteiger charge is 2.31. The van der Waals surface area contributed by atoms with E-state index in [1.54, 1.807) is 4.90 Å². The molecular weight excluding hydrogens is 354 g/mol. The molecule has 1 fully saturated rings. The lowest BCUT2D eigenvalue weighted by molar-refractivity contribution is 0.00361. The number of nitrogens with one attached hydrogen (secondary N) is 1. The number of likely N-dealkylation sites (tertiary alicyclic amines) is 1. The highest BCUT2D eigenvalue weighted by atomic mass is 16.5. The number of carbonyl (C=O) groups excluding carboxylic acids is 1. The van der Waals surface area contributed by atoms with Gasteiger partial charge in [-0.05, 0) is 69.8 Å². The summed E-state index contributed by atoms with van der Waals surface area (Å²) in [6.45, 7) is 1.81. The Morgan fingerprint density at radius 3 is 2.43 bits per heavy atom. The number of rotatable bonds is 5. The van der Waals surface area contributed by atoms with Crippen LogP contribution >= 0.6 is 0 Å². The molecule has 1 heterocycles. The largest absolute Gasteiger partial charge is 0.457 e. The van der Waals surface area contributed by atoms with Crippen LogP contribution in [0, 0.1) is 0 Å². The summed E-state index contributed by atoms with van der Waals surface area (Å²) in [6.07, 6.45) is 2.09. The summed E-state index contributed by atoms with van der Waals surface area (Å²) in [4.78, 5) is 16.4. The maximum absolute atomic E-state index is 12.6. The number of anilines is 1. The zero-order valence-electron chi connectivity index (χ0n) is 16.6. The molecule has 1 atom stereocenters. The first-order valence-corrected chi connectivity index (χ1v) is 9.70. The summed E-state index contributed by atoms with van der Waals surface area (Å²) in [5, 5.41) is 13.7. The van der Waals surface area contributed by atoms with Gasteiger partial charge in [-0.3, -0.25) is 0 Å². The molecule has 0 spiro atoms. The van der Waals surface area contributed by atoms with Crippen molar-refractivity contribution in [1.29, 1.82) is 0 Å². The number of hydrogen-bond acceptors (Lipinski definition) is 4. The van der Waals surface area contributed by atoms with Crippen molar-refractivity contribution >= 4 is 11.7 Å². The van der Waals surface area contributed by atoms with Crippen molar-refractivity contribution in [1.82, 2.24) is 9.80 Å². The minimum Gasteiger partial charge on any atom is -0.457 e. The lowest BCUT2D eigenvalue weighted by Crippen LogP contribution is -2.42. The Morgan fingerprint density at radius 1 is 1.07 bits per heavy atom. The summed E-state index contributed by atoms with van der Waals surface area (Å²) in [5.74, 6) is 1.49. The molecular formula is C22H29N3O3. The van der Waals surface area contributed by atoms with E-state index in [4.69, 9.17) is 4.74 Å². The first kappa shape index (κ1) is 20.2. The number of nitrogens with zero attached hydrogens (tertiary/aromatic N) is 2. The van der Waals surface area contributed by atoms with Crippen molar-refractivity contribution in [3.63, 3.8) is 0 Å². The molecule has 28 heavy (non-hydrogen) atoms. The zero-order valence-corrected chi connectivity index (χ0v) is 16.6. The molecule has 0 aromatic heterocycles. The molecule has 1 saturated heterocycles. The molecule has 2 N–H and O–H groups in total. The first-order valence-electron chi connectivity index (χ1n) is 9.70. The number of aliphatic hydroxyl groups is 1. The van der Waals surface area contributed by atoms with Crippen molar-refractivity contribution in [3.05, 3.63) is 54.6 Å². The predicted molar refractivity (Wildman–Crippen MR) is 111 cm³/mol. The van der Waals surface area contributed by atoms with Gasteiger partial charge in [0.1, 0.15) is 11.5 Å². The van der Waals surface area contributed by atoms with Gasteiger partial charge < -0.3 is 25.0 Å². The van der Waals surface area contributed by atoms with E-state index in [9.17, 15) is 9.90 Å². The second-order valence-corrected chi connectivity index (χ2v) is 7.67. The number of carbonyl (C=O) groups is 1. The van der Waals surface area contributed by atoms with Crippen LogP contribution in [0.2, 0.25) is 0 Å². The standard InChI is InChI=1S/C22H29N3O3/c1-24(2)17-22(27)13-6-15-25(16-14-22)21(26)23-18-9-11-20(12-10-18)28-19-7-4-3-5-8-19/h3-5,7-12,27H,6,13-17H2,1-2H3,(H,23,26)/t22-/m1/s1. The molecule has 0 aliphatic carbocycles. The molecule has 150 valence electrons. The van der Waals surface area contributed by atoms with Crippen LogP contribution < -0.4 is 10.1 Å². The van der Waals surface area contributed by atoms with E-state index < -0.39 is 5.60 Å². The Balaban J connectivity index is 1.54. The van der Waals surface area contributed by atoms with Crippen molar-refractivity contribution in [2.75, 3.05) is 39.0 Å². The molecule has 0 saturated carbocycles. The number of likely N-dealkylation sites (N-methyl/N-ethyl adjacent to an activating group) is 1. The van der Waals surface area contributed by atoms with Crippen LogP contribution in [0.4, 0.5) is 10.5 Å². The molecule has 2 amide bonds. The highest BCUT2D eigenvalue weighted by molar-refractivity contribution is 5.89. The predicted octanol–water partition coefficient (Wildman–Crippen LogP) is 3.79. The third-order valence-electron chi connectivity index (χ3n) is 4.90. The molecule has 6 heteroatoms. The van der Waals surface area contributed by atoms with Gasteiger partial charge >= 0.3 is 6.03 Å². The number of amides is 2. The lowest BCUT2D eigenvalue weighted by atomic mass is 9.94. The molecule has 3 rings (SSSR count). The molecule has 0 bridgehead atoms. The van der Waals surface area contributed by atoms with E-state index in [2.05, 4.69) is 5.32 Å². The number of benzene rings is 2. The maximum atomic E-state index is 12.6. The van der Waals surface area contributed by atoms with E-state index in [0.29, 0.717) is 38.2 Å². The fourth-order valence-corrected chi connectivity index (χ4v) is 3.56. The normalized spacial score (nSPS) is 19.9. The van der Waals surface area contributed by atoms with E-state index in [0.717, 1.165) is 17.9 Å². The summed E-state index contributed by atoms with van der Waals surface area (Å²) in [7, 11) is 3.91. The van der Waals surface area contributed by atoms with Crippen LogP contribution in [0.25, 0.3) is 0 Å². The molecule has 2 aromatic rings. The minimum absolute atomic E-state index is 0.133. The fraction of sp³-hybridized carbons (Fsp3) is 0.409. The lowest BCUT2D eigenvalue weighted by Gasteiger charge is -2.29. The summed E-state index contributed by atoms with van der Waals surface area (Å²) in [5.41, 5.74) is -0.00666. The summed E-state index contributed by atoms with van der Waals surface area (Å²) < 4.78 is 5.77. The van der Waals surface area contributed by atoms with Gasteiger partial charge in [0.2, 0.25) is 0 Å². The molecule has 1 aliphatic rings. The number of urea groups is 1. The van der Waals surface area contributed by atoms with Gasteiger partial charge in [0, 0.05) is 25.3 Å². The van der Waals surface area contributed by atoms with E-state index in [1.165, 1.54) is 0 Å². The number of para-hydroxylation sites is 1. The van der Waals surface area contributed by atoms with Crippen molar-refractivity contribution in [2.24, 2.45) is 0 Å². The van der Waals surface area contributed by atoms with Crippen molar-refractivity contribution in [2.45, 2.75) is 24.9 Å². The topological polar surface area (TPSA) is 65.0 Å². The quantitative estimate of drug-likeness (QED) is 0.825. The zero-order chi connectivity index (χ0) is 20.0. The van der Waals surface area contributed by atoms with Crippen LogP contribution in [0.1, 0.15) is 19.3 Å². The Morgan fingerprint density at radius 2 is 1.75 bits per heavy atom. The summed E-state index contributed by atoms with van der Waals surface area (Å²) >= 11 is 0. The number of hydrogen-bond donors (Lipinski definition) is 2. The van der Waals surface area contributed by atoms with Gasteiger partial charge in [0.25, 0.3) is 0 Å². The Bertz CT molecular complexity index is 764. The Hall–Kier alpha value is -2.57. The molecule has 0 unspecified atom stereocenters. The van der Waals surface area contributed by atoms with E-state index in [1.807, 2.05) is 73.6 Å². The van der Waals surface area contributed by atoms with Gasteiger partial charge in [-0.25, -0.2) is 4.79 Å². The Kier molecular flexibility index (Phi) is 6.54. The van der Waals surface area contributed by atoms with Crippen LogP contribution in [-0.2, 0) is 0 Å². The van der Waals surface area contributed by atoms with Gasteiger partial charge in [-0.2, -0.15) is 0 Å². The monoisotopic (exact) mass is 383 g/mol. The van der Waals surface area contributed by atoms with Crippen LogP contribution in [0.5, 0.6) is 11.5 Å². The van der Waals surface area contributed by atoms with Gasteiger partial charge in [-0.15, -0.1) is 0 Å². The highest BCUT2D eigenvalue weighted by Crippen LogP contribution is 2.25. The van der Waals surface area contributed by atoms with Crippen LogP contribution in [0.15, 0.2) is 54.6 Å². The average molecular weight is 383 g/mol. The van der Waals surface area contributed by atoms with Crippen molar-refractivity contribution in [3.8, 4) is 11.5 Å². The molecule has 6 nitrogen and oxygen atoms in total. The maximum Gasteiger partial charge on any atom is 0.321 e. The Labute approximate surface area is 166 Å². The second kappa shape index (κ2) is 9.08. The van der Waals surface area contributed by atoms with E-state index >= 15 is 0 Å². The first-order chi connectivity index (χ1) is 13.4. The third kappa shape index (κ3) is 5.71. The third-order valence-corrected chi connectivity index (χ3v) is 4.90. The molecule has 1 aliphatic heterocycles. The summed E-state index contributed by atoms with van der Waals surface area (Å²) in [6, 6.07) is 16.8. The van der Waals surface area contributed by atoms with Gasteiger partial charge in [0.15, 0.2) is 0 Å². The smallest absolute Gasteiger partial charge is 0.321 e. The number of ether oxygens (including phenoxy) is 1. The average Bonchev–Trinajstić information content (AvgIpc) is 2.85. The van der Waals surface area contributed by atoms with E-state index in [-0.39, 0.29) is 6.03 Å². The van der Waals surface area contributed by atoms with Gasteiger partial charge in [0.05, 0.1) is 5.60 Å². The van der Waals surface area contributed by atoms with Crippen LogP contribution in [0.3, 0.4) is 0 Å². The second-order valence-electron chi connectivity index (χ2n) is 7.67.